The highest BCUT2D eigenvalue weighted by atomic mass is 127. The zero-order valence-electron chi connectivity index (χ0n) is 27.9. The average Bonchev–Trinajstić information content (AvgIpc) is 3.40. The van der Waals surface area contributed by atoms with E-state index < -0.39 is 18.0 Å². The highest BCUT2D eigenvalue weighted by Gasteiger charge is 2.34. The van der Waals surface area contributed by atoms with Crippen molar-refractivity contribution in [3.63, 3.8) is 0 Å². The third-order valence-corrected chi connectivity index (χ3v) is 9.83. The second-order valence-electron chi connectivity index (χ2n) is 10.8. The van der Waals surface area contributed by atoms with Crippen molar-refractivity contribution >= 4 is 67.9 Å². The number of methoxy groups -OCH3 is 2. The predicted molar refractivity (Wildman–Crippen MR) is 200 cm³/mol. The van der Waals surface area contributed by atoms with Gasteiger partial charge in [-0.2, -0.15) is 0 Å². The molecule has 50 heavy (non-hydrogen) atoms. The molecule has 0 radical (unpaired) electrons. The molecule has 0 bridgehead atoms. The van der Waals surface area contributed by atoms with Crippen molar-refractivity contribution < 1.29 is 38.0 Å². The van der Waals surface area contributed by atoms with E-state index in [2.05, 4.69) is 43.5 Å². The third-order valence-electron chi connectivity index (χ3n) is 7.52. The highest BCUT2D eigenvalue weighted by molar-refractivity contribution is 14.1. The van der Waals surface area contributed by atoms with E-state index in [0.29, 0.717) is 56.8 Å². The molecule has 1 aromatic heterocycles. The van der Waals surface area contributed by atoms with E-state index in [1.807, 2.05) is 43.3 Å². The lowest BCUT2D eigenvalue weighted by atomic mass is 9.95. The summed E-state index contributed by atoms with van der Waals surface area (Å²) in [5.41, 5.74) is 2.58. The number of aromatic nitrogens is 1. The molecule has 1 atom stereocenters. The molecular formula is C36H34BrIN2O9S. The molecule has 1 aliphatic rings. The number of ether oxygens (including phenoxy) is 6. The number of fused-ring (bicyclic) bond motifs is 1. The van der Waals surface area contributed by atoms with Gasteiger partial charge in [-0.05, 0) is 103 Å². The van der Waals surface area contributed by atoms with Gasteiger partial charge in [-0.15, -0.1) is 0 Å². The van der Waals surface area contributed by atoms with Gasteiger partial charge in [0.15, 0.2) is 34.4 Å². The molecule has 0 saturated heterocycles. The molecule has 11 nitrogen and oxygen atoms in total. The quantitative estimate of drug-likeness (QED) is 0.123. The van der Waals surface area contributed by atoms with E-state index in [0.717, 1.165) is 19.2 Å². The van der Waals surface area contributed by atoms with Gasteiger partial charge in [0.2, 0.25) is 0 Å². The van der Waals surface area contributed by atoms with Gasteiger partial charge >= 0.3 is 11.9 Å². The van der Waals surface area contributed by atoms with Crippen molar-refractivity contribution in [2.45, 2.75) is 33.4 Å². The number of hydrogen-bond acceptors (Lipinski definition) is 11. The largest absolute Gasteiger partial charge is 0.493 e. The van der Waals surface area contributed by atoms with Crippen molar-refractivity contribution in [1.82, 2.24) is 4.57 Å². The SMILES string of the molecule is CCOC(=O)C1=C(C)N=c2s/c(=C\c3cc(I)c(OCc4ccc(Br)cc4)c(OC)c3)c(=O)n2[C@H]1c1ccc(OCC(=O)OC)c(OCC)c1. The predicted octanol–water partition coefficient (Wildman–Crippen LogP) is 5.70. The lowest BCUT2D eigenvalue weighted by Gasteiger charge is -2.25. The minimum Gasteiger partial charge on any atom is -0.493 e. The van der Waals surface area contributed by atoms with Gasteiger partial charge in [0, 0.05) is 4.47 Å². The number of nitrogens with zero attached hydrogens (tertiary/aromatic N) is 2. The number of benzene rings is 3. The number of carbonyl (C=O) groups is 2. The summed E-state index contributed by atoms with van der Waals surface area (Å²) in [5.74, 6) is 0.604. The molecule has 5 rings (SSSR count). The molecule has 0 N–H and O–H groups in total. The van der Waals surface area contributed by atoms with Crippen molar-refractivity contribution in [2.24, 2.45) is 4.99 Å². The average molecular weight is 878 g/mol. The molecule has 14 heteroatoms. The lowest BCUT2D eigenvalue weighted by molar-refractivity contribution is -0.143. The first-order valence-electron chi connectivity index (χ1n) is 15.5. The summed E-state index contributed by atoms with van der Waals surface area (Å²) in [7, 11) is 2.84. The maximum Gasteiger partial charge on any atom is 0.343 e. The maximum atomic E-state index is 14.3. The van der Waals surface area contributed by atoms with Crippen LogP contribution in [0.15, 0.2) is 80.1 Å². The number of rotatable bonds is 13. The number of hydrogen-bond donors (Lipinski definition) is 0. The van der Waals surface area contributed by atoms with Gasteiger partial charge < -0.3 is 28.4 Å². The van der Waals surface area contributed by atoms with Crippen LogP contribution in [-0.2, 0) is 25.7 Å². The molecule has 0 aliphatic carbocycles. The van der Waals surface area contributed by atoms with Crippen molar-refractivity contribution in [3.8, 4) is 23.0 Å². The van der Waals surface area contributed by atoms with Gasteiger partial charge in [-0.1, -0.05) is 45.5 Å². The minimum absolute atomic E-state index is 0.139. The van der Waals surface area contributed by atoms with E-state index in [1.165, 1.54) is 23.0 Å². The fourth-order valence-corrected chi connectivity index (χ4v) is 7.33. The Balaban J connectivity index is 1.58. The number of halogens is 2. The molecule has 2 heterocycles. The Kier molecular flexibility index (Phi) is 12.4. The number of thiazole rings is 1. The van der Waals surface area contributed by atoms with Crippen LogP contribution in [0.2, 0.25) is 0 Å². The Hall–Kier alpha value is -4.15. The summed E-state index contributed by atoms with van der Waals surface area (Å²) >= 11 is 6.85. The zero-order chi connectivity index (χ0) is 35.9. The Bertz CT molecular complexity index is 2130. The Labute approximate surface area is 314 Å². The fraction of sp³-hybridized carbons (Fsp3) is 0.278. The molecular weight excluding hydrogens is 843 g/mol. The van der Waals surface area contributed by atoms with Crippen LogP contribution in [0, 0.1) is 3.57 Å². The van der Waals surface area contributed by atoms with Crippen LogP contribution in [0.3, 0.4) is 0 Å². The molecule has 3 aromatic carbocycles. The standard InChI is InChI=1S/C36H34BrIN2O9S/c1-6-46-27-17-23(10-13-26(27)48-19-30(41)45-5)32-31(35(43)47-7-2)20(3)39-36-40(32)34(42)29(50-36)16-22-14-25(38)33(28(15-22)44-4)49-18-21-8-11-24(37)12-9-21/h8-17,32H,6-7,18-19H2,1-5H3/b29-16-/t32-/m0/s1. The summed E-state index contributed by atoms with van der Waals surface area (Å²) in [6, 6.07) is 15.7. The van der Waals surface area contributed by atoms with E-state index in [1.54, 1.807) is 45.2 Å². The smallest absolute Gasteiger partial charge is 0.343 e. The Morgan fingerprint density at radius 1 is 0.980 bits per heavy atom. The maximum absolute atomic E-state index is 14.3. The third kappa shape index (κ3) is 8.24. The van der Waals surface area contributed by atoms with Crippen LogP contribution >= 0.6 is 49.9 Å². The van der Waals surface area contributed by atoms with Gasteiger partial charge in [-0.3, -0.25) is 9.36 Å². The lowest BCUT2D eigenvalue weighted by Crippen LogP contribution is -2.40. The van der Waals surface area contributed by atoms with Crippen LogP contribution in [0.4, 0.5) is 0 Å². The van der Waals surface area contributed by atoms with Gasteiger partial charge in [0.05, 0.1) is 52.8 Å². The van der Waals surface area contributed by atoms with Crippen LogP contribution in [0.1, 0.15) is 43.5 Å². The molecule has 1 aliphatic heterocycles. The first kappa shape index (κ1) is 37.1. The molecule has 0 amide bonds. The van der Waals surface area contributed by atoms with Gasteiger partial charge in [0.1, 0.15) is 6.61 Å². The van der Waals surface area contributed by atoms with Gasteiger partial charge in [0.25, 0.3) is 5.56 Å². The topological polar surface area (TPSA) is 124 Å². The normalized spacial score (nSPS) is 14.1. The molecule has 262 valence electrons. The second kappa shape index (κ2) is 16.7. The zero-order valence-corrected chi connectivity index (χ0v) is 32.5. The van der Waals surface area contributed by atoms with E-state index >= 15 is 0 Å². The van der Waals surface area contributed by atoms with Crippen LogP contribution in [0.25, 0.3) is 6.08 Å². The fourth-order valence-electron chi connectivity index (χ4n) is 5.24. The van der Waals surface area contributed by atoms with Crippen molar-refractivity contribution in [2.75, 3.05) is 34.0 Å². The van der Waals surface area contributed by atoms with Crippen LogP contribution in [-0.4, -0.2) is 50.5 Å². The molecule has 0 spiro atoms. The summed E-state index contributed by atoms with van der Waals surface area (Å²) in [4.78, 5) is 44.5. The molecule has 0 unspecified atom stereocenters. The number of esters is 2. The second-order valence-corrected chi connectivity index (χ2v) is 13.8. The van der Waals surface area contributed by atoms with Gasteiger partial charge in [-0.25, -0.2) is 14.6 Å². The molecule has 0 saturated carbocycles. The van der Waals surface area contributed by atoms with Crippen molar-refractivity contribution in [3.05, 3.63) is 110 Å². The van der Waals surface area contributed by atoms with Crippen LogP contribution < -0.4 is 33.8 Å². The monoisotopic (exact) mass is 876 g/mol. The highest BCUT2D eigenvalue weighted by Crippen LogP contribution is 2.37. The van der Waals surface area contributed by atoms with Crippen molar-refractivity contribution in [1.29, 1.82) is 0 Å². The van der Waals surface area contributed by atoms with E-state index in [-0.39, 0.29) is 24.3 Å². The Morgan fingerprint density at radius 2 is 1.74 bits per heavy atom. The summed E-state index contributed by atoms with van der Waals surface area (Å²) in [6.45, 7) is 5.71. The number of allylic oxidation sites excluding steroid dienone is 1. The molecule has 4 aromatic rings. The first-order valence-corrected chi connectivity index (χ1v) is 18.2. The summed E-state index contributed by atoms with van der Waals surface area (Å²) in [5, 5.41) is 0. The molecule has 0 fully saturated rings. The summed E-state index contributed by atoms with van der Waals surface area (Å²) < 4.78 is 37.1. The summed E-state index contributed by atoms with van der Waals surface area (Å²) in [6.07, 6.45) is 1.77. The van der Waals surface area contributed by atoms with E-state index in [4.69, 9.17) is 28.4 Å². The van der Waals surface area contributed by atoms with Crippen LogP contribution in [0.5, 0.6) is 23.0 Å². The first-order chi connectivity index (χ1) is 24.1. The van der Waals surface area contributed by atoms with E-state index in [9.17, 15) is 14.4 Å². The Morgan fingerprint density at radius 3 is 2.42 bits per heavy atom. The number of carbonyl (C=O) groups excluding carboxylic acids is 2. The minimum atomic E-state index is -0.884.